The second kappa shape index (κ2) is 8.28. The van der Waals surface area contributed by atoms with Crippen LogP contribution in [-0.2, 0) is 18.0 Å². The molecule has 23 heavy (non-hydrogen) atoms. The molecule has 8 heteroatoms. The third-order valence-corrected chi connectivity index (χ3v) is 4.64. The Morgan fingerprint density at radius 1 is 1.43 bits per heavy atom. The molecule has 0 saturated heterocycles. The number of carbonyl (C=O) groups excluding carboxylic acids is 1. The molecule has 2 N–H and O–H groups in total. The van der Waals surface area contributed by atoms with E-state index in [0.29, 0.717) is 18.0 Å². The van der Waals surface area contributed by atoms with Crippen molar-refractivity contribution >= 4 is 35.6 Å². The maximum Gasteiger partial charge on any atom is 0.279 e. The molecule has 0 aliphatic carbocycles. The molecule has 2 rings (SSSR count). The zero-order valence-corrected chi connectivity index (χ0v) is 15.2. The maximum absolute atomic E-state index is 12.2. The number of para-hydroxylation sites is 1. The molecule has 1 heterocycles. The Bertz CT molecular complexity index is 725. The first-order valence-electron chi connectivity index (χ1n) is 7.41. The second-order valence-electron chi connectivity index (χ2n) is 5.24. The Balaban J connectivity index is 1.94. The van der Waals surface area contributed by atoms with E-state index in [1.807, 2.05) is 49.1 Å². The second-order valence-corrected chi connectivity index (χ2v) is 6.45. The number of quaternary nitrogens is 1. The third-order valence-electron chi connectivity index (χ3n) is 3.40. The van der Waals surface area contributed by atoms with Crippen molar-refractivity contribution < 1.29 is 9.69 Å². The predicted molar refractivity (Wildman–Crippen MR) is 95.3 cm³/mol. The third kappa shape index (κ3) is 4.66. The van der Waals surface area contributed by atoms with Crippen molar-refractivity contribution in [1.82, 2.24) is 14.3 Å². The van der Waals surface area contributed by atoms with Gasteiger partial charge in [-0.15, -0.1) is 11.8 Å². The van der Waals surface area contributed by atoms with Gasteiger partial charge in [-0.3, -0.25) is 4.79 Å². The number of amides is 1. The van der Waals surface area contributed by atoms with Gasteiger partial charge in [-0.2, -0.15) is 9.78 Å². The number of likely N-dealkylation sites (N-methyl/N-ethyl adjacent to an activating group) is 1. The molecule has 2 aromatic rings. The molecule has 6 nitrogen and oxygen atoms in total. The first-order chi connectivity index (χ1) is 11.0. The van der Waals surface area contributed by atoms with E-state index in [4.69, 9.17) is 12.2 Å². The summed E-state index contributed by atoms with van der Waals surface area (Å²) in [6.45, 7) is 3.73. The van der Waals surface area contributed by atoms with Gasteiger partial charge in [0, 0.05) is 11.4 Å². The first kappa shape index (κ1) is 17.7. The number of hydrogen-bond donors (Lipinski definition) is 2. The van der Waals surface area contributed by atoms with Crippen molar-refractivity contribution in [2.24, 2.45) is 0 Å². The Morgan fingerprint density at radius 2 is 2.17 bits per heavy atom. The number of nitrogens with zero attached hydrogens (tertiary/aromatic N) is 3. The Morgan fingerprint density at radius 3 is 2.83 bits per heavy atom. The van der Waals surface area contributed by atoms with E-state index >= 15 is 0 Å². The topological polar surface area (TPSA) is 56.3 Å². The van der Waals surface area contributed by atoms with Crippen molar-refractivity contribution in [3.63, 3.8) is 0 Å². The highest BCUT2D eigenvalue weighted by Crippen LogP contribution is 2.24. The van der Waals surface area contributed by atoms with Crippen LogP contribution in [0, 0.1) is 4.77 Å². The van der Waals surface area contributed by atoms with Crippen LogP contribution in [0.25, 0.3) is 0 Å². The summed E-state index contributed by atoms with van der Waals surface area (Å²) in [6.07, 6.45) is 3.72. The Labute approximate surface area is 145 Å². The number of anilines is 1. The number of rotatable bonds is 7. The number of aryl methyl sites for hydroxylation is 1. The van der Waals surface area contributed by atoms with Gasteiger partial charge >= 0.3 is 0 Å². The van der Waals surface area contributed by atoms with Crippen molar-refractivity contribution in [1.29, 1.82) is 0 Å². The van der Waals surface area contributed by atoms with E-state index in [1.165, 1.54) is 0 Å². The molecule has 124 valence electrons. The average molecular weight is 353 g/mol. The lowest BCUT2D eigenvalue weighted by Crippen LogP contribution is -3.09. The molecule has 0 bridgehead atoms. The van der Waals surface area contributed by atoms with Crippen LogP contribution in [0.4, 0.5) is 5.69 Å². The Hall–Kier alpha value is -1.64. The summed E-state index contributed by atoms with van der Waals surface area (Å²) in [5.41, 5.74) is 0.852. The lowest BCUT2D eigenvalue weighted by molar-refractivity contribution is -0.895. The van der Waals surface area contributed by atoms with Gasteiger partial charge in [0.25, 0.3) is 5.91 Å². The number of thioether (sulfide) groups is 1. The van der Waals surface area contributed by atoms with Gasteiger partial charge in [0.1, 0.15) is 6.33 Å². The number of hydrogen-bond acceptors (Lipinski definition) is 4. The predicted octanol–water partition coefficient (Wildman–Crippen LogP) is 1.27. The summed E-state index contributed by atoms with van der Waals surface area (Å²) >= 11 is 6.95. The number of nitrogens with one attached hydrogen (secondary N) is 2. The minimum absolute atomic E-state index is 0.0227. The van der Waals surface area contributed by atoms with E-state index in [9.17, 15) is 4.79 Å². The molecule has 1 unspecified atom stereocenters. The molecular weight excluding hydrogens is 330 g/mol. The van der Waals surface area contributed by atoms with Gasteiger partial charge in [-0.05, 0) is 37.5 Å². The number of aromatic nitrogens is 3. The number of benzene rings is 1. The minimum Gasteiger partial charge on any atom is -0.320 e. The molecule has 0 spiro atoms. The van der Waals surface area contributed by atoms with Crippen molar-refractivity contribution in [2.45, 2.75) is 25.0 Å². The van der Waals surface area contributed by atoms with E-state index in [0.717, 1.165) is 22.0 Å². The lowest BCUT2D eigenvalue weighted by atomic mass is 10.3. The highest BCUT2D eigenvalue weighted by atomic mass is 32.2. The molecule has 1 amide bonds. The average Bonchev–Trinajstić information content (AvgIpc) is 2.87. The molecule has 0 fully saturated rings. The summed E-state index contributed by atoms with van der Waals surface area (Å²) < 4.78 is 4.33. The fourth-order valence-corrected chi connectivity index (χ4v) is 3.07. The van der Waals surface area contributed by atoms with Gasteiger partial charge in [0.2, 0.25) is 4.77 Å². The van der Waals surface area contributed by atoms with E-state index < -0.39 is 0 Å². The Kier molecular flexibility index (Phi) is 6.37. The van der Waals surface area contributed by atoms with Gasteiger partial charge < -0.3 is 14.8 Å². The summed E-state index contributed by atoms with van der Waals surface area (Å²) in [7, 11) is 1.95. The highest BCUT2D eigenvalue weighted by Gasteiger charge is 2.13. The summed E-state index contributed by atoms with van der Waals surface area (Å²) in [5, 5.41) is 7.23. The summed E-state index contributed by atoms with van der Waals surface area (Å²) in [6, 6.07) is 7.79. The van der Waals surface area contributed by atoms with Crippen LogP contribution in [0.3, 0.4) is 0 Å². The van der Waals surface area contributed by atoms with Gasteiger partial charge in [-0.1, -0.05) is 12.1 Å². The zero-order valence-electron chi connectivity index (χ0n) is 13.6. The minimum atomic E-state index is -0.0227. The lowest BCUT2D eigenvalue weighted by Gasteiger charge is -2.14. The number of carbonyl (C=O) groups is 1. The van der Waals surface area contributed by atoms with E-state index in [2.05, 4.69) is 10.4 Å². The fourth-order valence-electron chi connectivity index (χ4n) is 2.23. The smallest absolute Gasteiger partial charge is 0.279 e. The molecular formula is C15H22N5OS2+. The fraction of sp³-hybridized carbons (Fsp3) is 0.400. The van der Waals surface area contributed by atoms with Gasteiger partial charge in [-0.25, -0.2) is 0 Å². The molecule has 0 radical (unpaired) electrons. The SMILES string of the molecule is CCn1cnn(C[NH+](C)CC(=O)Nc2ccccc2SC)c1=S. The molecule has 0 aliphatic rings. The molecule has 1 atom stereocenters. The van der Waals surface area contributed by atoms with E-state index in [-0.39, 0.29) is 5.91 Å². The van der Waals surface area contributed by atoms with Crippen LogP contribution in [0.2, 0.25) is 0 Å². The summed E-state index contributed by atoms with van der Waals surface area (Å²) in [4.78, 5) is 14.3. The van der Waals surface area contributed by atoms with Crippen LogP contribution in [-0.4, -0.2) is 40.1 Å². The van der Waals surface area contributed by atoms with Gasteiger partial charge in [0.15, 0.2) is 13.2 Å². The quantitative estimate of drug-likeness (QED) is 0.582. The standard InChI is InChI=1S/C15H21N5OS2/c1-4-19-10-16-20(15(19)22)11-18(2)9-14(21)17-12-7-5-6-8-13(12)23-3/h5-8,10H,4,9,11H2,1-3H3,(H,17,21)/p+1. The molecule has 0 saturated carbocycles. The normalized spacial score (nSPS) is 12.1. The molecule has 1 aromatic carbocycles. The first-order valence-corrected chi connectivity index (χ1v) is 9.04. The monoisotopic (exact) mass is 352 g/mol. The summed E-state index contributed by atoms with van der Waals surface area (Å²) in [5.74, 6) is -0.0227. The van der Waals surface area contributed by atoms with Crippen LogP contribution >= 0.6 is 24.0 Å². The van der Waals surface area contributed by atoms with Gasteiger partial charge in [0.05, 0.1) is 12.7 Å². The maximum atomic E-state index is 12.2. The largest absolute Gasteiger partial charge is 0.320 e. The van der Waals surface area contributed by atoms with Crippen molar-refractivity contribution in [3.05, 3.63) is 35.4 Å². The zero-order chi connectivity index (χ0) is 16.8. The highest BCUT2D eigenvalue weighted by molar-refractivity contribution is 7.98. The van der Waals surface area contributed by atoms with E-state index in [1.54, 1.807) is 22.8 Å². The molecule has 0 aliphatic heterocycles. The van der Waals surface area contributed by atoms with Crippen LogP contribution in [0.5, 0.6) is 0 Å². The molecule has 1 aromatic heterocycles. The van der Waals surface area contributed by atoms with Crippen LogP contribution in [0.15, 0.2) is 35.5 Å². The van der Waals surface area contributed by atoms with Crippen LogP contribution in [0.1, 0.15) is 6.92 Å². The van der Waals surface area contributed by atoms with Crippen molar-refractivity contribution in [3.8, 4) is 0 Å². The van der Waals surface area contributed by atoms with Crippen molar-refractivity contribution in [2.75, 3.05) is 25.2 Å². The van der Waals surface area contributed by atoms with Crippen LogP contribution < -0.4 is 10.2 Å².